The summed E-state index contributed by atoms with van der Waals surface area (Å²) in [5, 5.41) is 7.88. The molecule has 200 valence electrons. The Balaban J connectivity index is 1.35. The van der Waals surface area contributed by atoms with Crippen LogP contribution < -0.4 is 5.32 Å². The summed E-state index contributed by atoms with van der Waals surface area (Å²) in [5.74, 6) is 0.299. The second-order valence-corrected chi connectivity index (χ2v) is 10.3. The molecule has 0 radical (unpaired) electrons. The Morgan fingerprint density at radius 3 is 2.63 bits per heavy atom. The number of anilines is 1. The van der Waals surface area contributed by atoms with Gasteiger partial charge in [-0.25, -0.2) is 0 Å². The number of nitrogens with one attached hydrogen (secondary N) is 1. The van der Waals surface area contributed by atoms with Gasteiger partial charge in [-0.05, 0) is 31.5 Å². The Bertz CT molecular complexity index is 1270. The minimum absolute atomic E-state index is 0.00480. The van der Waals surface area contributed by atoms with E-state index >= 15 is 0 Å². The third kappa shape index (κ3) is 6.02. The Morgan fingerprint density at radius 2 is 1.97 bits per heavy atom. The molecule has 3 aromatic rings. The molecule has 1 aromatic carbocycles. The van der Waals surface area contributed by atoms with Gasteiger partial charge in [-0.2, -0.15) is 13.2 Å². The number of halogens is 3. The van der Waals surface area contributed by atoms with Crippen molar-refractivity contribution in [3.8, 4) is 0 Å². The van der Waals surface area contributed by atoms with Gasteiger partial charge < -0.3 is 0 Å². The van der Waals surface area contributed by atoms with Gasteiger partial charge in [0, 0.05) is 6.54 Å². The van der Waals surface area contributed by atoms with Crippen LogP contribution in [-0.4, -0.2) is 59.4 Å². The van der Waals surface area contributed by atoms with Crippen LogP contribution in [0.25, 0.3) is 0 Å². The number of pyridine rings is 1. The average molecular weight is 523 g/mol. The van der Waals surface area contributed by atoms with Crippen LogP contribution in [0.4, 0.5) is 18.9 Å². The Morgan fingerprint density at radius 1 is 1.18 bits per heavy atom. The number of likely N-dealkylation sites (tertiary alicyclic amines) is 1. The molecule has 10 heteroatoms. The Kier molecular flexibility index (Phi) is 8.00. The van der Waals surface area contributed by atoms with Gasteiger partial charge in [-0.15, -0.1) is 0 Å². The van der Waals surface area contributed by atoms with Crippen molar-refractivity contribution in [2.45, 2.75) is 51.4 Å². The third-order valence-electron chi connectivity index (χ3n) is 7.46. The van der Waals surface area contributed by atoms with Gasteiger partial charge in [0.15, 0.2) is 0 Å². The van der Waals surface area contributed by atoms with E-state index in [1.54, 1.807) is 17.8 Å². The number of hydrogen-bond donors (Lipinski definition) is 1. The van der Waals surface area contributed by atoms with Crippen LogP contribution in [-0.2, 0) is 24.0 Å². The summed E-state index contributed by atoms with van der Waals surface area (Å²) in [6, 6.07) is 9.08. The van der Waals surface area contributed by atoms with E-state index in [2.05, 4.69) is 21.7 Å². The average Bonchev–Trinajstić information content (AvgIpc) is 3.25. The zero-order valence-corrected chi connectivity index (χ0v) is 21.7. The molecule has 1 N–H and O–H groups in total. The molecule has 2 aliphatic heterocycles. The number of rotatable bonds is 9. The van der Waals surface area contributed by atoms with E-state index in [0.717, 1.165) is 48.4 Å². The number of aromatic nitrogens is 3. The fourth-order valence-electron chi connectivity index (χ4n) is 5.41. The summed E-state index contributed by atoms with van der Waals surface area (Å²) in [5.41, 5.74) is 3.72. The van der Waals surface area contributed by atoms with Gasteiger partial charge in [0.2, 0.25) is 0 Å². The molecule has 2 aliphatic rings. The molecule has 4 heterocycles. The van der Waals surface area contributed by atoms with Gasteiger partial charge in [-0.1, -0.05) is 6.42 Å². The maximum atomic E-state index is 14.0. The summed E-state index contributed by atoms with van der Waals surface area (Å²) in [6.45, 7) is 9.43. The fraction of sp³-hybridized carbons (Fsp3) is 0.464. The Labute approximate surface area is 222 Å². The summed E-state index contributed by atoms with van der Waals surface area (Å²) in [6.07, 6.45) is 2.41. The van der Waals surface area contributed by atoms with Crippen molar-refractivity contribution in [3.05, 3.63) is 76.4 Å². The molecular weight excluding hydrogens is 490 g/mol. The Hall–Kier alpha value is -2.98. The van der Waals surface area contributed by atoms with Crippen molar-refractivity contribution in [2.24, 2.45) is 5.92 Å². The molecule has 2 fully saturated rings. The second-order valence-electron chi connectivity index (χ2n) is 10.3. The first kappa shape index (κ1) is 26.6. The second kappa shape index (κ2) is 11.4. The van der Waals surface area contributed by atoms with Crippen LogP contribution in [0.5, 0.6) is 0 Å². The zero-order chi connectivity index (χ0) is 26.7. The van der Waals surface area contributed by atoms with Crippen molar-refractivity contribution in [3.63, 3.8) is 0 Å². The molecule has 6 nitrogen and oxygen atoms in total. The molecule has 2 saturated heterocycles. The van der Waals surface area contributed by atoms with Crippen LogP contribution in [0, 0.1) is 12.8 Å². The molecule has 0 saturated carbocycles. The summed E-state index contributed by atoms with van der Waals surface area (Å²) < 4.78 is 49.1. The van der Waals surface area contributed by atoms with Crippen LogP contribution >= 0.6 is 0 Å². The first-order valence-corrected chi connectivity index (χ1v) is 13.2. The summed E-state index contributed by atoms with van der Waals surface area (Å²) in [4.78, 5) is 6.46. The molecule has 2 aromatic heterocycles. The van der Waals surface area contributed by atoms with E-state index in [9.17, 15) is 13.2 Å². The predicted octanol–water partition coefficient (Wildman–Crippen LogP) is 4.88. The number of hydrogen-bond acceptors (Lipinski definition) is 5. The van der Waals surface area contributed by atoms with Crippen molar-refractivity contribution in [2.75, 3.05) is 31.6 Å². The first-order valence-electron chi connectivity index (χ1n) is 13.2. The van der Waals surface area contributed by atoms with Crippen molar-refractivity contribution >= 4 is 19.2 Å². The quantitative estimate of drug-likeness (QED) is 0.406. The van der Waals surface area contributed by atoms with Crippen molar-refractivity contribution < 1.29 is 17.9 Å². The van der Waals surface area contributed by atoms with E-state index in [1.165, 1.54) is 12.5 Å². The number of nitrogens with zero attached hydrogens (tertiary/aromatic N) is 4. The van der Waals surface area contributed by atoms with E-state index in [4.69, 9.17) is 9.84 Å². The normalized spacial score (nSPS) is 17.6. The standard InChI is InChI=1S/C28H33BF3N5O/c1-19-15-37(29-2)35-27(19)26(22-17-38-18-22)21-7-6-8-23(12-21)33-14-25-24(28(30,31)32)11-20(13-34-25)16-36-9-4-3-5-10-36/h6-8,11-13,15,22,26,33H,2-5,9-10,14,16-18H2,1H3. The molecule has 0 aliphatic carbocycles. The van der Waals surface area contributed by atoms with E-state index in [1.807, 2.05) is 37.4 Å². The number of ether oxygens (including phenoxy) is 1. The summed E-state index contributed by atoms with van der Waals surface area (Å²) >= 11 is 0. The van der Waals surface area contributed by atoms with Crippen molar-refractivity contribution in [1.82, 2.24) is 19.6 Å². The monoisotopic (exact) mass is 523 g/mol. The molecule has 1 atom stereocenters. The fourth-order valence-corrected chi connectivity index (χ4v) is 5.41. The van der Waals surface area contributed by atoms with Crippen LogP contribution in [0.3, 0.4) is 0 Å². The molecule has 0 bridgehead atoms. The summed E-state index contributed by atoms with van der Waals surface area (Å²) in [7, 11) is 1.66. The van der Waals surface area contributed by atoms with E-state index in [-0.39, 0.29) is 24.1 Å². The minimum atomic E-state index is -4.47. The van der Waals surface area contributed by atoms with Gasteiger partial charge in [-0.3, -0.25) is 4.90 Å². The van der Waals surface area contributed by atoms with E-state index in [0.29, 0.717) is 25.3 Å². The van der Waals surface area contributed by atoms with E-state index < -0.39 is 11.7 Å². The van der Waals surface area contributed by atoms with Crippen LogP contribution in [0.1, 0.15) is 58.8 Å². The van der Waals surface area contributed by atoms with Crippen LogP contribution in [0.2, 0.25) is 0 Å². The molecule has 1 unspecified atom stereocenters. The number of aryl methyl sites for hydroxylation is 1. The first-order chi connectivity index (χ1) is 18.3. The van der Waals surface area contributed by atoms with Crippen molar-refractivity contribution in [1.29, 1.82) is 0 Å². The molecule has 38 heavy (non-hydrogen) atoms. The van der Waals surface area contributed by atoms with Gasteiger partial charge >= 0.3 is 159 Å². The predicted molar refractivity (Wildman–Crippen MR) is 144 cm³/mol. The number of piperidine rings is 1. The number of alkyl halides is 3. The zero-order valence-electron chi connectivity index (χ0n) is 21.7. The molecule has 0 amide bonds. The maximum absolute atomic E-state index is 14.0. The van der Waals surface area contributed by atoms with Crippen LogP contribution in [0.15, 0.2) is 42.7 Å². The number of benzene rings is 1. The molecule has 5 rings (SSSR count). The third-order valence-corrected chi connectivity index (χ3v) is 7.46. The molecule has 0 spiro atoms. The van der Waals surface area contributed by atoms with Gasteiger partial charge in [0.05, 0.1) is 0 Å². The van der Waals surface area contributed by atoms with Gasteiger partial charge in [0.25, 0.3) is 0 Å². The molecular formula is C28H33BF3N5O. The SMILES string of the molecule is C=Bn1cc(C)c(C(c2cccc(NCc3ncc(CN4CCCCC4)cc3C(F)(F)F)c2)C2COC2)n1. The topological polar surface area (TPSA) is 55.2 Å². The van der Waals surface area contributed by atoms with Gasteiger partial charge in [0.1, 0.15) is 0 Å².